The van der Waals surface area contributed by atoms with E-state index < -0.39 is 0 Å². The van der Waals surface area contributed by atoms with E-state index in [2.05, 4.69) is 37.0 Å². The predicted molar refractivity (Wildman–Crippen MR) is 70.8 cm³/mol. The van der Waals surface area contributed by atoms with Gasteiger partial charge in [-0.05, 0) is 52.4 Å². The van der Waals surface area contributed by atoms with Crippen LogP contribution in [0, 0.1) is 0 Å². The van der Waals surface area contributed by atoms with Crippen LogP contribution in [0.5, 0.6) is 0 Å². The molecule has 5 heteroatoms. The van der Waals surface area contributed by atoms with Gasteiger partial charge in [0.05, 0.1) is 11.6 Å². The number of nitrogens with zero attached hydrogens (tertiary/aromatic N) is 3. The SMILES string of the molecule is Brc1cccc2c1nnn2C1CCSCC1. The average Bonchev–Trinajstić information content (AvgIpc) is 2.75. The van der Waals surface area contributed by atoms with E-state index in [0.717, 1.165) is 15.5 Å². The molecular weight excluding hydrogens is 286 g/mol. The second kappa shape index (κ2) is 4.37. The molecule has 0 atom stereocenters. The van der Waals surface area contributed by atoms with Crippen LogP contribution in [0.1, 0.15) is 18.9 Å². The fraction of sp³-hybridized carbons (Fsp3) is 0.455. The molecule has 0 unspecified atom stereocenters. The molecule has 3 rings (SSSR count). The van der Waals surface area contributed by atoms with Gasteiger partial charge in [-0.1, -0.05) is 11.3 Å². The van der Waals surface area contributed by atoms with Crippen molar-refractivity contribution in [2.75, 3.05) is 11.5 Å². The summed E-state index contributed by atoms with van der Waals surface area (Å²) >= 11 is 5.55. The molecule has 16 heavy (non-hydrogen) atoms. The summed E-state index contributed by atoms with van der Waals surface area (Å²) in [4.78, 5) is 0. The number of rotatable bonds is 1. The molecule has 0 aliphatic carbocycles. The predicted octanol–water partition coefficient (Wildman–Crippen LogP) is 3.26. The van der Waals surface area contributed by atoms with E-state index >= 15 is 0 Å². The maximum Gasteiger partial charge on any atom is 0.127 e. The molecule has 0 bridgehead atoms. The minimum Gasteiger partial charge on any atom is -0.241 e. The quantitative estimate of drug-likeness (QED) is 0.809. The maximum absolute atomic E-state index is 4.31. The van der Waals surface area contributed by atoms with E-state index in [9.17, 15) is 0 Å². The Morgan fingerprint density at radius 1 is 1.31 bits per heavy atom. The summed E-state index contributed by atoms with van der Waals surface area (Å²) in [5.74, 6) is 2.47. The molecule has 1 aromatic heterocycles. The normalized spacial score (nSPS) is 18.1. The summed E-state index contributed by atoms with van der Waals surface area (Å²) in [5.41, 5.74) is 2.12. The third-order valence-electron chi connectivity index (χ3n) is 2.99. The van der Waals surface area contributed by atoms with Crippen molar-refractivity contribution in [2.24, 2.45) is 0 Å². The van der Waals surface area contributed by atoms with E-state index in [1.54, 1.807) is 0 Å². The Bertz CT molecular complexity index is 505. The van der Waals surface area contributed by atoms with Crippen molar-refractivity contribution in [1.29, 1.82) is 0 Å². The second-order valence-corrected chi connectivity index (χ2v) is 6.06. The van der Waals surface area contributed by atoms with Crippen molar-refractivity contribution in [3.63, 3.8) is 0 Å². The molecule has 0 radical (unpaired) electrons. The number of aromatic nitrogens is 3. The highest BCUT2D eigenvalue weighted by molar-refractivity contribution is 9.10. The minimum absolute atomic E-state index is 0.528. The van der Waals surface area contributed by atoms with Crippen molar-refractivity contribution in [2.45, 2.75) is 18.9 Å². The lowest BCUT2D eigenvalue weighted by atomic mass is 10.1. The van der Waals surface area contributed by atoms with E-state index in [0.29, 0.717) is 6.04 Å². The zero-order chi connectivity index (χ0) is 11.0. The Morgan fingerprint density at radius 2 is 2.12 bits per heavy atom. The van der Waals surface area contributed by atoms with Crippen LogP contribution >= 0.6 is 27.7 Å². The van der Waals surface area contributed by atoms with Gasteiger partial charge in [-0.3, -0.25) is 0 Å². The van der Waals surface area contributed by atoms with Gasteiger partial charge in [0.15, 0.2) is 0 Å². The Labute approximate surface area is 107 Å². The molecule has 0 spiro atoms. The lowest BCUT2D eigenvalue weighted by molar-refractivity contribution is 0.428. The molecule has 2 heterocycles. The number of hydrogen-bond acceptors (Lipinski definition) is 3. The van der Waals surface area contributed by atoms with Crippen LogP contribution in [0.25, 0.3) is 11.0 Å². The van der Waals surface area contributed by atoms with Crippen LogP contribution < -0.4 is 0 Å². The topological polar surface area (TPSA) is 30.7 Å². The first-order chi connectivity index (χ1) is 7.86. The van der Waals surface area contributed by atoms with Crippen molar-refractivity contribution in [3.05, 3.63) is 22.7 Å². The largest absolute Gasteiger partial charge is 0.241 e. The lowest BCUT2D eigenvalue weighted by Gasteiger charge is -2.21. The molecule has 0 saturated carbocycles. The first-order valence-electron chi connectivity index (χ1n) is 5.43. The van der Waals surface area contributed by atoms with Gasteiger partial charge in [0.25, 0.3) is 0 Å². The molecule has 1 saturated heterocycles. The van der Waals surface area contributed by atoms with Gasteiger partial charge in [0.1, 0.15) is 5.52 Å². The fourth-order valence-corrected chi connectivity index (χ4v) is 3.64. The van der Waals surface area contributed by atoms with E-state index in [1.165, 1.54) is 24.3 Å². The molecule has 1 fully saturated rings. The number of benzene rings is 1. The Balaban J connectivity index is 2.06. The molecule has 1 aliphatic heterocycles. The molecule has 0 amide bonds. The minimum atomic E-state index is 0.528. The zero-order valence-corrected chi connectivity index (χ0v) is 11.2. The summed E-state index contributed by atoms with van der Waals surface area (Å²) < 4.78 is 3.13. The fourth-order valence-electron chi connectivity index (χ4n) is 2.13. The molecule has 1 aliphatic rings. The number of halogens is 1. The second-order valence-electron chi connectivity index (χ2n) is 3.99. The van der Waals surface area contributed by atoms with E-state index in [4.69, 9.17) is 0 Å². The van der Waals surface area contributed by atoms with Crippen LogP contribution in [0.2, 0.25) is 0 Å². The first kappa shape index (κ1) is 10.6. The van der Waals surface area contributed by atoms with Crippen LogP contribution in [-0.2, 0) is 0 Å². The monoisotopic (exact) mass is 297 g/mol. The highest BCUT2D eigenvalue weighted by Gasteiger charge is 2.19. The lowest BCUT2D eigenvalue weighted by Crippen LogP contribution is -2.16. The Morgan fingerprint density at radius 3 is 2.94 bits per heavy atom. The molecule has 3 nitrogen and oxygen atoms in total. The molecule has 1 aromatic carbocycles. The number of thioether (sulfide) groups is 1. The van der Waals surface area contributed by atoms with Gasteiger partial charge in [-0.15, -0.1) is 5.10 Å². The third kappa shape index (κ3) is 1.76. The van der Waals surface area contributed by atoms with Gasteiger partial charge >= 0.3 is 0 Å². The number of hydrogen-bond donors (Lipinski definition) is 0. The van der Waals surface area contributed by atoms with Gasteiger partial charge < -0.3 is 0 Å². The molecule has 0 N–H and O–H groups in total. The van der Waals surface area contributed by atoms with Crippen LogP contribution in [0.4, 0.5) is 0 Å². The van der Waals surface area contributed by atoms with Crippen molar-refractivity contribution < 1.29 is 0 Å². The van der Waals surface area contributed by atoms with Gasteiger partial charge in [0.2, 0.25) is 0 Å². The summed E-state index contributed by atoms with van der Waals surface area (Å²) in [6.07, 6.45) is 2.41. The van der Waals surface area contributed by atoms with Gasteiger partial charge in [-0.2, -0.15) is 11.8 Å². The smallest absolute Gasteiger partial charge is 0.127 e. The van der Waals surface area contributed by atoms with Crippen molar-refractivity contribution in [3.8, 4) is 0 Å². The van der Waals surface area contributed by atoms with Crippen molar-refractivity contribution in [1.82, 2.24) is 15.0 Å². The summed E-state index contributed by atoms with van der Waals surface area (Å²) in [6.45, 7) is 0. The van der Waals surface area contributed by atoms with Crippen LogP contribution in [0.15, 0.2) is 22.7 Å². The maximum atomic E-state index is 4.31. The summed E-state index contributed by atoms with van der Waals surface area (Å²) in [5, 5.41) is 8.56. The van der Waals surface area contributed by atoms with Gasteiger partial charge in [0, 0.05) is 4.47 Å². The van der Waals surface area contributed by atoms with Crippen LogP contribution in [0.3, 0.4) is 0 Å². The Kier molecular flexibility index (Phi) is 2.90. The van der Waals surface area contributed by atoms with E-state index in [-0.39, 0.29) is 0 Å². The third-order valence-corrected chi connectivity index (χ3v) is 4.68. The molecular formula is C11H12BrN3S. The highest BCUT2D eigenvalue weighted by atomic mass is 79.9. The Hall–Kier alpha value is -0.550. The van der Waals surface area contributed by atoms with Crippen molar-refractivity contribution >= 4 is 38.7 Å². The summed E-state index contributed by atoms with van der Waals surface area (Å²) in [7, 11) is 0. The summed E-state index contributed by atoms with van der Waals surface area (Å²) in [6, 6.07) is 6.68. The first-order valence-corrected chi connectivity index (χ1v) is 7.38. The molecule has 84 valence electrons. The van der Waals surface area contributed by atoms with E-state index in [1.807, 2.05) is 23.9 Å². The number of fused-ring (bicyclic) bond motifs is 1. The highest BCUT2D eigenvalue weighted by Crippen LogP contribution is 2.30. The van der Waals surface area contributed by atoms with Crippen LogP contribution in [-0.4, -0.2) is 26.5 Å². The standard InChI is InChI=1S/C11H12BrN3S/c12-9-2-1-3-10-11(9)13-14-15(10)8-4-6-16-7-5-8/h1-3,8H,4-7H2. The van der Waals surface area contributed by atoms with Gasteiger partial charge in [-0.25, -0.2) is 4.68 Å². The average molecular weight is 298 g/mol. The molecule has 2 aromatic rings. The zero-order valence-electron chi connectivity index (χ0n) is 8.77.